The van der Waals surface area contributed by atoms with Gasteiger partial charge >= 0.3 is 0 Å². The normalized spacial score (nSPS) is 10.8. The van der Waals surface area contributed by atoms with Gasteiger partial charge in [-0.1, -0.05) is 0 Å². The predicted octanol–water partition coefficient (Wildman–Crippen LogP) is 3.25. The van der Waals surface area contributed by atoms with E-state index in [9.17, 15) is 8.78 Å². The molecule has 0 spiro atoms. The largest absolute Gasteiger partial charge is 0.385 e. The third-order valence-corrected chi connectivity index (χ3v) is 2.37. The van der Waals surface area contributed by atoms with Crippen molar-refractivity contribution in [1.29, 1.82) is 0 Å². The molecule has 0 aliphatic heterocycles. The Labute approximate surface area is 92.3 Å². The first-order valence-electron chi connectivity index (χ1n) is 5.12. The molecule has 2 nitrogen and oxygen atoms in total. The second-order valence-electron chi connectivity index (χ2n) is 3.60. The highest BCUT2D eigenvalue weighted by Gasteiger charge is 2.11. The van der Waals surface area contributed by atoms with Crippen molar-refractivity contribution in [3.63, 3.8) is 0 Å². The highest BCUT2D eigenvalue weighted by molar-refractivity contribution is 5.91. The van der Waals surface area contributed by atoms with Crippen LogP contribution in [0.1, 0.15) is 12.6 Å². The van der Waals surface area contributed by atoms with Crippen LogP contribution in [0.15, 0.2) is 18.2 Å². The molecule has 2 rings (SSSR count). The molecular formula is C12H12F2N2. The summed E-state index contributed by atoms with van der Waals surface area (Å²) >= 11 is 0. The molecule has 1 aromatic heterocycles. The van der Waals surface area contributed by atoms with Crippen molar-refractivity contribution >= 4 is 16.6 Å². The lowest BCUT2D eigenvalue weighted by atomic mass is 10.1. The maximum atomic E-state index is 13.5. The molecule has 0 atom stereocenters. The van der Waals surface area contributed by atoms with Gasteiger partial charge in [0.25, 0.3) is 0 Å². The third kappa shape index (κ3) is 1.71. The fraction of sp³-hybridized carbons (Fsp3) is 0.250. The minimum absolute atomic E-state index is 0.0796. The topological polar surface area (TPSA) is 24.9 Å². The molecule has 16 heavy (non-hydrogen) atoms. The summed E-state index contributed by atoms with van der Waals surface area (Å²) in [5.41, 5.74) is 1.52. The zero-order valence-electron chi connectivity index (χ0n) is 9.14. The number of fused-ring (bicyclic) bond motifs is 1. The Bertz CT molecular complexity index is 538. The number of nitrogens with one attached hydrogen (secondary N) is 1. The van der Waals surface area contributed by atoms with Crippen LogP contribution in [0.5, 0.6) is 0 Å². The van der Waals surface area contributed by atoms with Gasteiger partial charge in [-0.15, -0.1) is 0 Å². The zero-order valence-corrected chi connectivity index (χ0v) is 9.14. The average molecular weight is 222 g/mol. The Hall–Kier alpha value is -1.71. The number of anilines is 1. The molecule has 0 aliphatic rings. The van der Waals surface area contributed by atoms with Crippen molar-refractivity contribution in [3.05, 3.63) is 35.5 Å². The first kappa shape index (κ1) is 10.8. The van der Waals surface area contributed by atoms with Gasteiger partial charge in [-0.05, 0) is 32.0 Å². The van der Waals surface area contributed by atoms with Crippen LogP contribution < -0.4 is 5.32 Å². The van der Waals surface area contributed by atoms with Crippen molar-refractivity contribution in [2.24, 2.45) is 0 Å². The fourth-order valence-electron chi connectivity index (χ4n) is 1.70. The molecule has 1 N–H and O–H groups in total. The molecule has 0 aliphatic carbocycles. The Kier molecular flexibility index (Phi) is 2.73. The summed E-state index contributed by atoms with van der Waals surface area (Å²) in [5.74, 6) is -1.76. The average Bonchev–Trinajstić information content (AvgIpc) is 2.24. The smallest absolute Gasteiger partial charge is 0.185 e. The second-order valence-corrected chi connectivity index (χ2v) is 3.60. The number of aromatic nitrogens is 1. The van der Waals surface area contributed by atoms with Crippen LogP contribution in [0.3, 0.4) is 0 Å². The SMILES string of the molecule is CCNc1cc(C)nc2c(F)c(F)ccc12. The monoisotopic (exact) mass is 222 g/mol. The van der Waals surface area contributed by atoms with Gasteiger partial charge in [-0.25, -0.2) is 13.8 Å². The number of aryl methyl sites for hydroxylation is 1. The lowest BCUT2D eigenvalue weighted by Crippen LogP contribution is -2.00. The summed E-state index contributed by atoms with van der Waals surface area (Å²) in [6, 6.07) is 4.48. The molecule has 0 radical (unpaired) electrons. The number of rotatable bonds is 2. The van der Waals surface area contributed by atoms with Crippen molar-refractivity contribution in [2.45, 2.75) is 13.8 Å². The van der Waals surface area contributed by atoms with Crippen LogP contribution in [0.25, 0.3) is 10.9 Å². The van der Waals surface area contributed by atoms with E-state index >= 15 is 0 Å². The predicted molar refractivity (Wildman–Crippen MR) is 60.6 cm³/mol. The van der Waals surface area contributed by atoms with Crippen LogP contribution in [0, 0.1) is 18.6 Å². The van der Waals surface area contributed by atoms with Gasteiger partial charge in [-0.2, -0.15) is 0 Å². The molecule has 0 saturated carbocycles. The molecule has 0 unspecified atom stereocenters. The molecule has 0 fully saturated rings. The van der Waals surface area contributed by atoms with E-state index in [1.165, 1.54) is 6.07 Å². The maximum Gasteiger partial charge on any atom is 0.185 e. The van der Waals surface area contributed by atoms with Crippen LogP contribution >= 0.6 is 0 Å². The van der Waals surface area contributed by atoms with E-state index in [1.54, 1.807) is 6.92 Å². The van der Waals surface area contributed by atoms with E-state index in [0.29, 0.717) is 11.1 Å². The molecule has 4 heteroatoms. The van der Waals surface area contributed by atoms with Crippen molar-refractivity contribution < 1.29 is 8.78 Å². The van der Waals surface area contributed by atoms with Crippen LogP contribution in [-0.2, 0) is 0 Å². The first-order chi connectivity index (χ1) is 7.63. The maximum absolute atomic E-state index is 13.5. The summed E-state index contributed by atoms with van der Waals surface area (Å²) < 4.78 is 26.6. The first-order valence-corrected chi connectivity index (χ1v) is 5.12. The summed E-state index contributed by atoms with van der Waals surface area (Å²) in [4.78, 5) is 4.02. The molecule has 1 heterocycles. The number of hydrogen-bond donors (Lipinski definition) is 1. The van der Waals surface area contributed by atoms with Crippen molar-refractivity contribution in [3.8, 4) is 0 Å². The van der Waals surface area contributed by atoms with E-state index in [0.717, 1.165) is 18.3 Å². The number of hydrogen-bond acceptors (Lipinski definition) is 2. The fourth-order valence-corrected chi connectivity index (χ4v) is 1.70. The molecule has 0 bridgehead atoms. The van der Waals surface area contributed by atoms with Gasteiger partial charge in [-0.3, -0.25) is 0 Å². The molecule has 0 amide bonds. The van der Waals surface area contributed by atoms with Crippen LogP contribution in [-0.4, -0.2) is 11.5 Å². The quantitative estimate of drug-likeness (QED) is 0.843. The van der Waals surface area contributed by atoms with Gasteiger partial charge in [0.2, 0.25) is 0 Å². The number of halogens is 2. The summed E-state index contributed by atoms with van der Waals surface area (Å²) in [5, 5.41) is 3.71. The van der Waals surface area contributed by atoms with Gasteiger partial charge in [0.1, 0.15) is 5.52 Å². The standard InChI is InChI=1S/C12H12F2N2/c1-3-15-10-6-7(2)16-12-8(10)4-5-9(13)11(12)14/h4-6H,3H2,1-2H3,(H,15,16). The lowest BCUT2D eigenvalue weighted by Gasteiger charge is -2.09. The highest BCUT2D eigenvalue weighted by atomic mass is 19.2. The number of pyridine rings is 1. The van der Waals surface area contributed by atoms with Crippen LogP contribution in [0.4, 0.5) is 14.5 Å². The molecule has 84 valence electrons. The minimum Gasteiger partial charge on any atom is -0.385 e. The van der Waals surface area contributed by atoms with E-state index in [-0.39, 0.29) is 5.52 Å². The van der Waals surface area contributed by atoms with Crippen LogP contribution in [0.2, 0.25) is 0 Å². The third-order valence-electron chi connectivity index (χ3n) is 2.37. The summed E-state index contributed by atoms with van der Waals surface area (Å²) in [6.07, 6.45) is 0. The Morgan fingerprint density at radius 1 is 1.31 bits per heavy atom. The highest BCUT2D eigenvalue weighted by Crippen LogP contribution is 2.26. The minimum atomic E-state index is -0.889. The molecule has 2 aromatic rings. The van der Waals surface area contributed by atoms with E-state index < -0.39 is 11.6 Å². The zero-order chi connectivity index (χ0) is 11.7. The summed E-state index contributed by atoms with van der Waals surface area (Å²) in [6.45, 7) is 4.42. The van der Waals surface area contributed by atoms with Gasteiger partial charge in [0, 0.05) is 23.3 Å². The van der Waals surface area contributed by atoms with Gasteiger partial charge in [0.05, 0.1) is 0 Å². The molecule has 1 aromatic carbocycles. The Morgan fingerprint density at radius 3 is 2.75 bits per heavy atom. The number of nitrogens with zero attached hydrogens (tertiary/aromatic N) is 1. The van der Waals surface area contributed by atoms with E-state index in [1.807, 2.05) is 13.0 Å². The number of benzene rings is 1. The summed E-state index contributed by atoms with van der Waals surface area (Å²) in [7, 11) is 0. The van der Waals surface area contributed by atoms with Gasteiger partial charge in [0.15, 0.2) is 11.6 Å². The second kappa shape index (κ2) is 4.04. The molecule has 0 saturated heterocycles. The van der Waals surface area contributed by atoms with E-state index in [4.69, 9.17) is 0 Å². The Balaban J connectivity index is 2.78. The van der Waals surface area contributed by atoms with Crippen molar-refractivity contribution in [2.75, 3.05) is 11.9 Å². The van der Waals surface area contributed by atoms with Crippen molar-refractivity contribution in [1.82, 2.24) is 4.98 Å². The lowest BCUT2D eigenvalue weighted by molar-refractivity contribution is 0.515. The van der Waals surface area contributed by atoms with Gasteiger partial charge < -0.3 is 5.32 Å². The Morgan fingerprint density at radius 2 is 2.06 bits per heavy atom. The van der Waals surface area contributed by atoms with E-state index in [2.05, 4.69) is 10.3 Å². The molecular weight excluding hydrogens is 210 g/mol.